The van der Waals surface area contributed by atoms with Crippen molar-refractivity contribution in [2.24, 2.45) is 0 Å². The molecule has 0 spiro atoms. The van der Waals surface area contributed by atoms with Crippen molar-refractivity contribution in [3.63, 3.8) is 0 Å². The van der Waals surface area contributed by atoms with Crippen molar-refractivity contribution >= 4 is 0 Å². The van der Waals surface area contributed by atoms with Gasteiger partial charge in [0.25, 0.3) is 0 Å². The number of morpholine rings is 1. The summed E-state index contributed by atoms with van der Waals surface area (Å²) in [5.41, 5.74) is 3.75. The van der Waals surface area contributed by atoms with E-state index in [1.54, 1.807) is 14.2 Å². The highest BCUT2D eigenvalue weighted by molar-refractivity contribution is 5.37. The molecular weight excluding hydrogens is 340 g/mol. The Kier molecular flexibility index (Phi) is 7.51. The fourth-order valence-corrected chi connectivity index (χ4v) is 3.43. The minimum absolute atomic E-state index is 0.812. The molecule has 1 aliphatic rings. The SMILES string of the molecule is COc1ccccc1CCNCc1ccc(OC)c(CN2CCOCC2)c1. The molecule has 0 aliphatic carbocycles. The molecule has 27 heavy (non-hydrogen) atoms. The van der Waals surface area contributed by atoms with Crippen molar-refractivity contribution in [2.75, 3.05) is 47.1 Å². The Bertz CT molecular complexity index is 714. The second-order valence-corrected chi connectivity index (χ2v) is 6.77. The molecule has 1 heterocycles. The Labute approximate surface area is 162 Å². The number of ether oxygens (including phenoxy) is 3. The highest BCUT2D eigenvalue weighted by atomic mass is 16.5. The fraction of sp³-hybridized carbons (Fsp3) is 0.455. The van der Waals surface area contributed by atoms with Gasteiger partial charge in [0.1, 0.15) is 11.5 Å². The van der Waals surface area contributed by atoms with E-state index >= 15 is 0 Å². The van der Waals surface area contributed by atoms with E-state index in [9.17, 15) is 0 Å². The summed E-state index contributed by atoms with van der Waals surface area (Å²) in [7, 11) is 3.46. The third-order valence-corrected chi connectivity index (χ3v) is 4.94. The monoisotopic (exact) mass is 370 g/mol. The topological polar surface area (TPSA) is 43.0 Å². The van der Waals surface area contributed by atoms with Crippen LogP contribution >= 0.6 is 0 Å². The van der Waals surface area contributed by atoms with Gasteiger partial charge in [-0.2, -0.15) is 0 Å². The van der Waals surface area contributed by atoms with Gasteiger partial charge in [0.15, 0.2) is 0 Å². The van der Waals surface area contributed by atoms with E-state index in [4.69, 9.17) is 14.2 Å². The van der Waals surface area contributed by atoms with Gasteiger partial charge in [0.05, 0.1) is 27.4 Å². The van der Waals surface area contributed by atoms with E-state index in [0.29, 0.717) is 0 Å². The molecule has 1 N–H and O–H groups in total. The highest BCUT2D eigenvalue weighted by Crippen LogP contribution is 2.22. The zero-order chi connectivity index (χ0) is 18.9. The maximum Gasteiger partial charge on any atom is 0.123 e. The summed E-state index contributed by atoms with van der Waals surface area (Å²) in [6.45, 7) is 6.23. The molecule has 146 valence electrons. The minimum atomic E-state index is 0.812. The van der Waals surface area contributed by atoms with Crippen LogP contribution in [0.4, 0.5) is 0 Å². The van der Waals surface area contributed by atoms with Crippen molar-refractivity contribution in [3.05, 3.63) is 59.2 Å². The van der Waals surface area contributed by atoms with E-state index in [1.165, 1.54) is 16.7 Å². The first kappa shape index (κ1) is 19.7. The van der Waals surface area contributed by atoms with Crippen LogP contribution in [0, 0.1) is 0 Å². The predicted octanol–water partition coefficient (Wildman–Crippen LogP) is 2.87. The molecule has 5 heteroatoms. The predicted molar refractivity (Wildman–Crippen MR) is 107 cm³/mol. The van der Waals surface area contributed by atoms with Crippen molar-refractivity contribution < 1.29 is 14.2 Å². The fourth-order valence-electron chi connectivity index (χ4n) is 3.43. The Hall–Kier alpha value is -2.08. The lowest BCUT2D eigenvalue weighted by Gasteiger charge is -2.27. The molecular formula is C22H30N2O3. The van der Waals surface area contributed by atoms with Crippen LogP contribution in [-0.4, -0.2) is 52.0 Å². The first-order valence-electron chi connectivity index (χ1n) is 9.58. The largest absolute Gasteiger partial charge is 0.496 e. The molecule has 2 aromatic carbocycles. The summed E-state index contributed by atoms with van der Waals surface area (Å²) < 4.78 is 16.4. The van der Waals surface area contributed by atoms with Crippen LogP contribution in [0.5, 0.6) is 11.5 Å². The van der Waals surface area contributed by atoms with Crippen molar-refractivity contribution in [1.29, 1.82) is 0 Å². The van der Waals surface area contributed by atoms with Crippen LogP contribution in [0.1, 0.15) is 16.7 Å². The van der Waals surface area contributed by atoms with Crippen LogP contribution in [0.3, 0.4) is 0 Å². The number of benzene rings is 2. The van der Waals surface area contributed by atoms with Crippen molar-refractivity contribution in [2.45, 2.75) is 19.5 Å². The second-order valence-electron chi connectivity index (χ2n) is 6.77. The molecule has 0 radical (unpaired) electrons. The summed E-state index contributed by atoms with van der Waals surface area (Å²) in [6.07, 6.45) is 0.945. The van der Waals surface area contributed by atoms with Gasteiger partial charge in [0, 0.05) is 31.7 Å². The number of nitrogens with zero attached hydrogens (tertiary/aromatic N) is 1. The van der Waals surface area contributed by atoms with Gasteiger partial charge >= 0.3 is 0 Å². The number of nitrogens with one attached hydrogen (secondary N) is 1. The third kappa shape index (κ3) is 5.70. The second kappa shape index (κ2) is 10.3. The summed E-state index contributed by atoms with van der Waals surface area (Å²) in [5, 5.41) is 3.54. The zero-order valence-electron chi connectivity index (χ0n) is 16.4. The minimum Gasteiger partial charge on any atom is -0.496 e. The van der Waals surface area contributed by atoms with Crippen LogP contribution < -0.4 is 14.8 Å². The first-order chi connectivity index (χ1) is 13.3. The molecule has 0 aromatic heterocycles. The number of hydrogen-bond acceptors (Lipinski definition) is 5. The molecule has 1 aliphatic heterocycles. The van der Waals surface area contributed by atoms with Gasteiger partial charge in [0.2, 0.25) is 0 Å². The van der Waals surface area contributed by atoms with E-state index in [-0.39, 0.29) is 0 Å². The summed E-state index contributed by atoms with van der Waals surface area (Å²) in [6, 6.07) is 14.7. The number of rotatable bonds is 9. The number of para-hydroxylation sites is 1. The number of hydrogen-bond donors (Lipinski definition) is 1. The lowest BCUT2D eigenvalue weighted by molar-refractivity contribution is 0.0339. The van der Waals surface area contributed by atoms with Crippen molar-refractivity contribution in [3.8, 4) is 11.5 Å². The summed E-state index contributed by atoms with van der Waals surface area (Å²) >= 11 is 0. The van der Waals surface area contributed by atoms with Gasteiger partial charge in [-0.3, -0.25) is 4.90 Å². The van der Waals surface area contributed by atoms with Crippen LogP contribution in [0.25, 0.3) is 0 Å². The average Bonchev–Trinajstić information content (AvgIpc) is 2.72. The highest BCUT2D eigenvalue weighted by Gasteiger charge is 2.13. The van der Waals surface area contributed by atoms with Crippen LogP contribution in [-0.2, 0) is 24.2 Å². The van der Waals surface area contributed by atoms with Gasteiger partial charge in [-0.15, -0.1) is 0 Å². The van der Waals surface area contributed by atoms with Crippen LogP contribution in [0.2, 0.25) is 0 Å². The average molecular weight is 370 g/mol. The van der Waals surface area contributed by atoms with Gasteiger partial charge in [-0.1, -0.05) is 24.3 Å². The molecule has 0 atom stereocenters. The number of methoxy groups -OCH3 is 2. The third-order valence-electron chi connectivity index (χ3n) is 4.94. The molecule has 5 nitrogen and oxygen atoms in total. The molecule has 0 amide bonds. The smallest absolute Gasteiger partial charge is 0.123 e. The Morgan fingerprint density at radius 1 is 0.963 bits per heavy atom. The van der Waals surface area contributed by atoms with E-state index in [0.717, 1.165) is 63.9 Å². The maximum atomic E-state index is 5.56. The molecule has 0 saturated carbocycles. The normalized spacial score (nSPS) is 14.9. The van der Waals surface area contributed by atoms with Crippen LogP contribution in [0.15, 0.2) is 42.5 Å². The Balaban J connectivity index is 1.54. The quantitative estimate of drug-likeness (QED) is 0.688. The lowest BCUT2D eigenvalue weighted by atomic mass is 10.1. The summed E-state index contributed by atoms with van der Waals surface area (Å²) in [5.74, 6) is 1.91. The van der Waals surface area contributed by atoms with Gasteiger partial charge < -0.3 is 19.5 Å². The van der Waals surface area contributed by atoms with Gasteiger partial charge in [-0.25, -0.2) is 0 Å². The van der Waals surface area contributed by atoms with Crippen molar-refractivity contribution in [1.82, 2.24) is 10.2 Å². The molecule has 1 fully saturated rings. The Morgan fingerprint density at radius 3 is 2.48 bits per heavy atom. The summed E-state index contributed by atoms with van der Waals surface area (Å²) in [4.78, 5) is 2.42. The van der Waals surface area contributed by atoms with E-state index < -0.39 is 0 Å². The molecule has 2 aromatic rings. The molecule has 1 saturated heterocycles. The van der Waals surface area contributed by atoms with E-state index in [2.05, 4.69) is 40.5 Å². The maximum absolute atomic E-state index is 5.56. The molecule has 0 unspecified atom stereocenters. The first-order valence-corrected chi connectivity index (χ1v) is 9.58. The zero-order valence-corrected chi connectivity index (χ0v) is 16.4. The standard InChI is InChI=1S/C22H30N2O3/c1-25-21-6-4-3-5-19(21)9-10-23-16-18-7-8-22(26-2)20(15-18)17-24-11-13-27-14-12-24/h3-8,15,23H,9-14,16-17H2,1-2H3. The molecule has 3 rings (SSSR count). The molecule has 0 bridgehead atoms. The lowest BCUT2D eigenvalue weighted by Crippen LogP contribution is -2.35. The van der Waals surface area contributed by atoms with E-state index in [1.807, 2.05) is 12.1 Å². The van der Waals surface area contributed by atoms with Gasteiger partial charge in [-0.05, 0) is 42.3 Å². The Morgan fingerprint density at radius 2 is 1.70 bits per heavy atom.